The first kappa shape index (κ1) is 15.0. The van der Waals surface area contributed by atoms with Gasteiger partial charge in [0.15, 0.2) is 6.61 Å². The van der Waals surface area contributed by atoms with Crippen LogP contribution in [0.1, 0.15) is 23.6 Å². The van der Waals surface area contributed by atoms with Crippen LogP contribution in [0.5, 0.6) is 5.75 Å². The predicted molar refractivity (Wildman–Crippen MR) is 71.4 cm³/mol. The summed E-state index contributed by atoms with van der Waals surface area (Å²) < 4.78 is 5.46. The van der Waals surface area contributed by atoms with Crippen LogP contribution >= 0.6 is 0 Å². The zero-order chi connectivity index (χ0) is 14.6. The number of carboxylic acid groups (broad SMARTS) is 1. The lowest BCUT2D eigenvalue weighted by atomic mass is 10.1. The van der Waals surface area contributed by atoms with Gasteiger partial charge in [-0.25, -0.2) is 0 Å². The van der Waals surface area contributed by atoms with Crippen molar-refractivity contribution in [1.82, 2.24) is 5.32 Å². The highest BCUT2D eigenvalue weighted by Gasteiger charge is 2.15. The van der Waals surface area contributed by atoms with Crippen molar-refractivity contribution in [1.29, 1.82) is 0 Å². The summed E-state index contributed by atoms with van der Waals surface area (Å²) in [6.45, 7) is 7.02. The molecule has 0 aliphatic heterocycles. The molecule has 5 nitrogen and oxygen atoms in total. The number of aryl methyl sites for hydroxylation is 3. The highest BCUT2D eigenvalue weighted by Crippen LogP contribution is 2.24. The van der Waals surface area contributed by atoms with E-state index in [4.69, 9.17) is 9.84 Å². The van der Waals surface area contributed by atoms with Gasteiger partial charge in [0.2, 0.25) is 0 Å². The van der Waals surface area contributed by atoms with Gasteiger partial charge >= 0.3 is 5.97 Å². The van der Waals surface area contributed by atoms with E-state index in [0.717, 1.165) is 16.7 Å². The van der Waals surface area contributed by atoms with Crippen molar-refractivity contribution in [2.24, 2.45) is 0 Å². The molecule has 5 heteroatoms. The van der Waals surface area contributed by atoms with Crippen LogP contribution in [0.15, 0.2) is 12.1 Å². The number of ether oxygens (including phenoxy) is 1. The van der Waals surface area contributed by atoms with Gasteiger partial charge in [-0.05, 0) is 38.8 Å². The maximum atomic E-state index is 11.5. The normalized spacial score (nSPS) is 11.8. The second-order valence-electron chi connectivity index (χ2n) is 4.64. The Balaban J connectivity index is 2.63. The summed E-state index contributed by atoms with van der Waals surface area (Å²) in [6, 6.07) is 3.02. The number of carboxylic acids is 1. The van der Waals surface area contributed by atoms with Crippen molar-refractivity contribution in [2.75, 3.05) is 6.61 Å². The van der Waals surface area contributed by atoms with Crippen molar-refractivity contribution >= 4 is 11.9 Å². The minimum atomic E-state index is -1.07. The van der Waals surface area contributed by atoms with Crippen LogP contribution in [0.2, 0.25) is 0 Å². The van der Waals surface area contributed by atoms with E-state index < -0.39 is 17.9 Å². The number of aliphatic carboxylic acids is 1. The van der Waals surface area contributed by atoms with E-state index >= 15 is 0 Å². The summed E-state index contributed by atoms with van der Waals surface area (Å²) >= 11 is 0. The average molecular weight is 265 g/mol. The van der Waals surface area contributed by atoms with E-state index in [-0.39, 0.29) is 6.61 Å². The Hall–Kier alpha value is -2.04. The zero-order valence-electron chi connectivity index (χ0n) is 11.6. The maximum absolute atomic E-state index is 11.5. The van der Waals surface area contributed by atoms with Gasteiger partial charge in [-0.15, -0.1) is 0 Å². The molecule has 0 aliphatic carbocycles. The third-order valence-corrected chi connectivity index (χ3v) is 2.70. The second-order valence-corrected chi connectivity index (χ2v) is 4.64. The van der Waals surface area contributed by atoms with Gasteiger partial charge in [0.05, 0.1) is 0 Å². The number of hydrogen-bond acceptors (Lipinski definition) is 3. The summed E-state index contributed by atoms with van der Waals surface area (Å²) in [5, 5.41) is 11.0. The van der Waals surface area contributed by atoms with Gasteiger partial charge in [-0.3, -0.25) is 9.59 Å². The topological polar surface area (TPSA) is 75.6 Å². The van der Waals surface area contributed by atoms with Crippen LogP contribution in [0.4, 0.5) is 0 Å². The summed E-state index contributed by atoms with van der Waals surface area (Å²) in [4.78, 5) is 22.1. The minimum absolute atomic E-state index is 0.192. The van der Waals surface area contributed by atoms with Gasteiger partial charge in [-0.2, -0.15) is 0 Å². The molecule has 0 radical (unpaired) electrons. The summed E-state index contributed by atoms with van der Waals surface area (Å²) in [7, 11) is 0. The average Bonchev–Trinajstić information content (AvgIpc) is 2.27. The van der Waals surface area contributed by atoms with E-state index in [0.29, 0.717) is 5.75 Å². The third-order valence-electron chi connectivity index (χ3n) is 2.70. The summed E-state index contributed by atoms with van der Waals surface area (Å²) in [5.41, 5.74) is 3.04. The molecule has 1 aromatic carbocycles. The van der Waals surface area contributed by atoms with Crippen molar-refractivity contribution < 1.29 is 19.4 Å². The molecule has 0 spiro atoms. The molecule has 104 valence electrons. The van der Waals surface area contributed by atoms with E-state index in [1.807, 2.05) is 32.9 Å². The monoisotopic (exact) mass is 265 g/mol. The Labute approximate surface area is 112 Å². The predicted octanol–water partition coefficient (Wildman–Crippen LogP) is 1.58. The fourth-order valence-corrected chi connectivity index (χ4v) is 1.88. The summed E-state index contributed by atoms with van der Waals surface area (Å²) in [6.07, 6.45) is 0. The number of benzene rings is 1. The fourth-order valence-electron chi connectivity index (χ4n) is 1.88. The van der Waals surface area contributed by atoms with Gasteiger partial charge < -0.3 is 15.2 Å². The first-order chi connectivity index (χ1) is 8.81. The molecule has 2 N–H and O–H groups in total. The molecule has 0 saturated carbocycles. The molecule has 0 heterocycles. The first-order valence-corrected chi connectivity index (χ1v) is 6.04. The van der Waals surface area contributed by atoms with E-state index in [1.54, 1.807) is 0 Å². The highest BCUT2D eigenvalue weighted by atomic mass is 16.5. The smallest absolute Gasteiger partial charge is 0.325 e. The highest BCUT2D eigenvalue weighted by molar-refractivity contribution is 5.84. The Morgan fingerprint density at radius 1 is 1.26 bits per heavy atom. The molecule has 1 rings (SSSR count). The van der Waals surface area contributed by atoms with Crippen LogP contribution in [0.25, 0.3) is 0 Å². The van der Waals surface area contributed by atoms with Gasteiger partial charge in [-0.1, -0.05) is 17.7 Å². The molecule has 1 amide bonds. The molecule has 19 heavy (non-hydrogen) atoms. The Kier molecular flexibility index (Phi) is 4.92. The SMILES string of the molecule is Cc1cc(C)c(OCC(=O)N[C@H](C)C(=O)O)c(C)c1. The molecule has 0 aliphatic rings. The zero-order valence-corrected chi connectivity index (χ0v) is 11.6. The standard InChI is InChI=1S/C14H19NO4/c1-8-5-9(2)13(10(3)6-8)19-7-12(16)15-11(4)14(17)18/h5-6,11H,7H2,1-4H3,(H,15,16)(H,17,18)/t11-/m1/s1. The molecular weight excluding hydrogens is 246 g/mol. The van der Waals surface area contributed by atoms with Crippen LogP contribution < -0.4 is 10.1 Å². The van der Waals surface area contributed by atoms with Crippen molar-refractivity contribution in [2.45, 2.75) is 33.7 Å². The molecule has 0 saturated heterocycles. The Morgan fingerprint density at radius 3 is 2.26 bits per heavy atom. The number of amides is 1. The second kappa shape index (κ2) is 6.22. The number of carbonyl (C=O) groups is 2. The molecule has 1 aromatic rings. The fraction of sp³-hybridized carbons (Fsp3) is 0.429. The number of rotatable bonds is 5. The molecule has 0 fully saturated rings. The van der Waals surface area contributed by atoms with Gasteiger partial charge in [0, 0.05) is 0 Å². The molecule has 0 unspecified atom stereocenters. The van der Waals surface area contributed by atoms with E-state index in [2.05, 4.69) is 5.32 Å². The van der Waals surface area contributed by atoms with Crippen molar-refractivity contribution in [3.05, 3.63) is 28.8 Å². The number of nitrogens with one attached hydrogen (secondary N) is 1. The van der Waals surface area contributed by atoms with Crippen LogP contribution in [-0.4, -0.2) is 29.6 Å². The Bertz CT molecular complexity index is 473. The number of carbonyl (C=O) groups excluding carboxylic acids is 1. The Morgan fingerprint density at radius 2 is 1.79 bits per heavy atom. The van der Waals surface area contributed by atoms with Crippen LogP contribution in [0.3, 0.4) is 0 Å². The van der Waals surface area contributed by atoms with Crippen molar-refractivity contribution in [3.63, 3.8) is 0 Å². The van der Waals surface area contributed by atoms with E-state index in [9.17, 15) is 9.59 Å². The lowest BCUT2D eigenvalue weighted by Gasteiger charge is -2.14. The quantitative estimate of drug-likeness (QED) is 0.847. The van der Waals surface area contributed by atoms with E-state index in [1.165, 1.54) is 6.92 Å². The molecule has 1 atom stereocenters. The van der Waals surface area contributed by atoms with Gasteiger partial charge in [0.1, 0.15) is 11.8 Å². The lowest BCUT2D eigenvalue weighted by Crippen LogP contribution is -2.40. The largest absolute Gasteiger partial charge is 0.483 e. The first-order valence-electron chi connectivity index (χ1n) is 6.04. The molecule has 0 bridgehead atoms. The van der Waals surface area contributed by atoms with Gasteiger partial charge in [0.25, 0.3) is 5.91 Å². The van der Waals surface area contributed by atoms with Crippen LogP contribution in [0, 0.1) is 20.8 Å². The third kappa shape index (κ3) is 4.28. The molecule has 0 aromatic heterocycles. The minimum Gasteiger partial charge on any atom is -0.483 e. The molecular formula is C14H19NO4. The van der Waals surface area contributed by atoms with Crippen molar-refractivity contribution in [3.8, 4) is 5.75 Å². The van der Waals surface area contributed by atoms with Crippen LogP contribution in [-0.2, 0) is 9.59 Å². The number of hydrogen-bond donors (Lipinski definition) is 2. The lowest BCUT2D eigenvalue weighted by molar-refractivity contribution is -0.141. The maximum Gasteiger partial charge on any atom is 0.325 e. The summed E-state index contributed by atoms with van der Waals surface area (Å²) in [5.74, 6) is -0.853.